The number of rotatable bonds is 5. The minimum absolute atomic E-state index is 0.614. The molecule has 0 saturated carbocycles. The summed E-state index contributed by atoms with van der Waals surface area (Å²) in [7, 11) is 0. The molecule has 1 aliphatic heterocycles. The number of aromatic nitrogens is 3. The Morgan fingerprint density at radius 3 is 1.59 bits per heavy atom. The summed E-state index contributed by atoms with van der Waals surface area (Å²) in [6.45, 7) is 0. The summed E-state index contributed by atoms with van der Waals surface area (Å²) in [5.41, 5.74) is 7.87. The molecule has 44 heavy (non-hydrogen) atoms. The van der Waals surface area contributed by atoms with Crippen LogP contribution in [0.4, 0.5) is 17.1 Å². The monoisotopic (exact) mass is 566 g/mol. The van der Waals surface area contributed by atoms with Crippen molar-refractivity contribution in [2.24, 2.45) is 0 Å². The molecule has 208 valence electrons. The van der Waals surface area contributed by atoms with Gasteiger partial charge in [-0.15, -0.1) is 0 Å². The van der Waals surface area contributed by atoms with Gasteiger partial charge in [-0.05, 0) is 47.5 Å². The van der Waals surface area contributed by atoms with Crippen LogP contribution in [0.15, 0.2) is 158 Å². The molecule has 8 rings (SSSR count). The van der Waals surface area contributed by atoms with Crippen molar-refractivity contribution < 1.29 is 4.74 Å². The summed E-state index contributed by atoms with van der Waals surface area (Å²) in [6, 6.07) is 53.2. The van der Waals surface area contributed by atoms with Crippen molar-refractivity contribution in [1.82, 2.24) is 15.0 Å². The van der Waals surface area contributed by atoms with E-state index in [2.05, 4.69) is 65.6 Å². The SMILES string of the molecule is c1ccc(-c2nc(-c3ccccc3)nc(-c3ccccc3-c3ccc4c(c3)Oc3ccccc3N4c3ccccc3)n2)cc1. The highest BCUT2D eigenvalue weighted by Crippen LogP contribution is 2.51. The van der Waals surface area contributed by atoms with Gasteiger partial charge in [-0.25, -0.2) is 15.0 Å². The van der Waals surface area contributed by atoms with Crippen molar-refractivity contribution in [2.75, 3.05) is 4.90 Å². The molecule has 0 saturated heterocycles. The molecule has 0 fully saturated rings. The Bertz CT molecular complexity index is 2040. The fourth-order valence-electron chi connectivity index (χ4n) is 5.64. The summed E-state index contributed by atoms with van der Waals surface area (Å²) in [6.07, 6.45) is 0. The van der Waals surface area contributed by atoms with Crippen LogP contribution in [0.5, 0.6) is 11.5 Å². The van der Waals surface area contributed by atoms with E-state index in [4.69, 9.17) is 19.7 Å². The van der Waals surface area contributed by atoms with Crippen LogP contribution in [-0.2, 0) is 0 Å². The maximum Gasteiger partial charge on any atom is 0.164 e. The highest BCUT2D eigenvalue weighted by molar-refractivity contribution is 5.89. The molecule has 0 spiro atoms. The Labute approximate surface area is 255 Å². The van der Waals surface area contributed by atoms with Crippen molar-refractivity contribution in [3.8, 4) is 56.8 Å². The van der Waals surface area contributed by atoms with Crippen LogP contribution in [0, 0.1) is 0 Å². The lowest BCUT2D eigenvalue weighted by Gasteiger charge is -2.33. The highest BCUT2D eigenvalue weighted by Gasteiger charge is 2.26. The van der Waals surface area contributed by atoms with Gasteiger partial charge in [0.15, 0.2) is 29.0 Å². The van der Waals surface area contributed by atoms with Crippen LogP contribution >= 0.6 is 0 Å². The number of benzene rings is 6. The first-order valence-electron chi connectivity index (χ1n) is 14.5. The van der Waals surface area contributed by atoms with Crippen molar-refractivity contribution in [3.05, 3.63) is 158 Å². The lowest BCUT2D eigenvalue weighted by molar-refractivity contribution is 0.477. The van der Waals surface area contributed by atoms with E-state index in [1.54, 1.807) is 0 Å². The molecule has 5 nitrogen and oxygen atoms in total. The molecule has 0 atom stereocenters. The van der Waals surface area contributed by atoms with Gasteiger partial charge in [0.2, 0.25) is 0 Å². The summed E-state index contributed by atoms with van der Waals surface area (Å²) in [5.74, 6) is 3.47. The second-order valence-corrected chi connectivity index (χ2v) is 10.5. The van der Waals surface area contributed by atoms with E-state index in [9.17, 15) is 0 Å². The molecule has 2 heterocycles. The molecule has 5 heteroatoms. The largest absolute Gasteiger partial charge is 0.453 e. The summed E-state index contributed by atoms with van der Waals surface area (Å²) >= 11 is 0. The van der Waals surface area contributed by atoms with E-state index in [1.807, 2.05) is 97.1 Å². The Morgan fingerprint density at radius 2 is 0.909 bits per heavy atom. The third-order valence-corrected chi connectivity index (χ3v) is 7.72. The average Bonchev–Trinajstić information content (AvgIpc) is 3.11. The van der Waals surface area contributed by atoms with Gasteiger partial charge in [0.1, 0.15) is 0 Å². The fourth-order valence-corrected chi connectivity index (χ4v) is 5.64. The van der Waals surface area contributed by atoms with E-state index in [0.29, 0.717) is 17.5 Å². The molecule has 1 aromatic heterocycles. The van der Waals surface area contributed by atoms with Gasteiger partial charge in [-0.2, -0.15) is 0 Å². The maximum atomic E-state index is 6.51. The molecule has 6 aromatic carbocycles. The molecule has 0 unspecified atom stereocenters. The van der Waals surface area contributed by atoms with E-state index < -0.39 is 0 Å². The van der Waals surface area contributed by atoms with Gasteiger partial charge < -0.3 is 9.64 Å². The lowest BCUT2D eigenvalue weighted by atomic mass is 9.97. The summed E-state index contributed by atoms with van der Waals surface area (Å²) in [4.78, 5) is 17.1. The van der Waals surface area contributed by atoms with Crippen molar-refractivity contribution in [1.29, 1.82) is 0 Å². The van der Waals surface area contributed by atoms with E-state index >= 15 is 0 Å². The summed E-state index contributed by atoms with van der Waals surface area (Å²) in [5, 5.41) is 0. The number of ether oxygens (including phenoxy) is 1. The van der Waals surface area contributed by atoms with Crippen molar-refractivity contribution >= 4 is 17.1 Å². The molecule has 1 aliphatic rings. The molecule has 0 radical (unpaired) electrons. The van der Waals surface area contributed by atoms with Gasteiger partial charge in [0, 0.05) is 22.4 Å². The molecule has 7 aromatic rings. The molecule has 0 amide bonds. The minimum Gasteiger partial charge on any atom is -0.453 e. The zero-order valence-corrected chi connectivity index (χ0v) is 23.7. The van der Waals surface area contributed by atoms with E-state index in [0.717, 1.165) is 56.4 Å². The molecule has 0 N–H and O–H groups in total. The number of hydrogen-bond acceptors (Lipinski definition) is 5. The maximum absolute atomic E-state index is 6.51. The van der Waals surface area contributed by atoms with Crippen molar-refractivity contribution in [2.45, 2.75) is 0 Å². The van der Waals surface area contributed by atoms with Gasteiger partial charge in [0.25, 0.3) is 0 Å². The second kappa shape index (κ2) is 11.0. The highest BCUT2D eigenvalue weighted by atomic mass is 16.5. The second-order valence-electron chi connectivity index (χ2n) is 10.5. The molecule has 0 aliphatic carbocycles. The van der Waals surface area contributed by atoms with E-state index in [-0.39, 0.29) is 0 Å². The van der Waals surface area contributed by atoms with Crippen LogP contribution in [0.3, 0.4) is 0 Å². The number of fused-ring (bicyclic) bond motifs is 2. The number of para-hydroxylation sites is 3. The summed E-state index contributed by atoms with van der Waals surface area (Å²) < 4.78 is 6.51. The third-order valence-electron chi connectivity index (χ3n) is 7.72. The van der Waals surface area contributed by atoms with E-state index in [1.165, 1.54) is 0 Å². The quantitative estimate of drug-likeness (QED) is 0.207. The first-order valence-corrected chi connectivity index (χ1v) is 14.5. The molecule has 0 bridgehead atoms. The minimum atomic E-state index is 0.614. The average molecular weight is 567 g/mol. The van der Waals surface area contributed by atoms with Gasteiger partial charge in [-0.1, -0.05) is 121 Å². The predicted molar refractivity (Wildman–Crippen MR) is 176 cm³/mol. The number of anilines is 3. The Hall–Kier alpha value is -6.07. The third kappa shape index (κ3) is 4.67. The van der Waals surface area contributed by atoms with Gasteiger partial charge in [-0.3, -0.25) is 0 Å². The van der Waals surface area contributed by atoms with Crippen LogP contribution in [-0.4, -0.2) is 15.0 Å². The van der Waals surface area contributed by atoms with Crippen LogP contribution < -0.4 is 9.64 Å². The standard InChI is InChI=1S/C39H26N4O/c1-4-14-27(15-5-1)37-40-38(28-16-6-2-7-17-28)42-39(41-37)32-21-11-10-20-31(32)29-24-25-34-36(26-29)44-35-23-13-12-22-33(35)43(34)30-18-8-3-9-19-30/h1-26H. The zero-order chi connectivity index (χ0) is 29.3. The number of nitrogens with zero attached hydrogens (tertiary/aromatic N) is 4. The molecular formula is C39H26N4O. The zero-order valence-electron chi connectivity index (χ0n) is 23.7. The topological polar surface area (TPSA) is 51.1 Å². The van der Waals surface area contributed by atoms with Gasteiger partial charge in [0.05, 0.1) is 11.4 Å². The number of hydrogen-bond donors (Lipinski definition) is 0. The van der Waals surface area contributed by atoms with Crippen LogP contribution in [0.1, 0.15) is 0 Å². The van der Waals surface area contributed by atoms with Crippen molar-refractivity contribution in [3.63, 3.8) is 0 Å². The molecular weight excluding hydrogens is 540 g/mol. The van der Waals surface area contributed by atoms with Crippen LogP contribution in [0.2, 0.25) is 0 Å². The normalized spacial score (nSPS) is 11.8. The Morgan fingerprint density at radius 1 is 0.386 bits per heavy atom. The Balaban J connectivity index is 1.27. The first-order chi connectivity index (χ1) is 21.8. The Kier molecular flexibility index (Phi) is 6.39. The predicted octanol–water partition coefficient (Wildman–Crippen LogP) is 10.1. The lowest BCUT2D eigenvalue weighted by Crippen LogP contribution is -2.15. The smallest absolute Gasteiger partial charge is 0.164 e. The van der Waals surface area contributed by atoms with Crippen LogP contribution in [0.25, 0.3) is 45.3 Å². The van der Waals surface area contributed by atoms with Gasteiger partial charge >= 0.3 is 0 Å². The first kappa shape index (κ1) is 25.6. The fraction of sp³-hybridized carbons (Fsp3) is 0.